The van der Waals surface area contributed by atoms with E-state index in [0.717, 1.165) is 19.4 Å². The zero-order chi connectivity index (χ0) is 9.84. The average molecular weight is 185 g/mol. The molecule has 1 aliphatic carbocycles. The standard InChI is InChI=1S/C8H15N3O2/c1-2-11(6-3-4-6)5-7(12)10-8(9)13/h6H,2-5H2,1H3,(H3,9,10,12,13). The highest BCUT2D eigenvalue weighted by atomic mass is 16.2. The largest absolute Gasteiger partial charge is 0.351 e. The maximum Gasteiger partial charge on any atom is 0.318 e. The van der Waals surface area contributed by atoms with Crippen LogP contribution in [0.25, 0.3) is 0 Å². The Morgan fingerprint density at radius 2 is 2.15 bits per heavy atom. The van der Waals surface area contributed by atoms with Crippen LogP contribution in [0.5, 0.6) is 0 Å². The van der Waals surface area contributed by atoms with Crippen molar-refractivity contribution in [1.82, 2.24) is 10.2 Å². The predicted molar refractivity (Wildman–Crippen MR) is 48.0 cm³/mol. The molecule has 0 aromatic rings. The van der Waals surface area contributed by atoms with Crippen LogP contribution in [0.1, 0.15) is 19.8 Å². The maximum absolute atomic E-state index is 11.1. The molecule has 0 bridgehead atoms. The van der Waals surface area contributed by atoms with E-state index in [-0.39, 0.29) is 12.5 Å². The first-order valence-corrected chi connectivity index (χ1v) is 4.46. The van der Waals surface area contributed by atoms with Crippen molar-refractivity contribution in [3.05, 3.63) is 0 Å². The third kappa shape index (κ3) is 3.42. The third-order valence-corrected chi connectivity index (χ3v) is 2.08. The van der Waals surface area contributed by atoms with Gasteiger partial charge in [-0.2, -0.15) is 0 Å². The summed E-state index contributed by atoms with van der Waals surface area (Å²) in [4.78, 5) is 23.5. The van der Waals surface area contributed by atoms with Crippen LogP contribution in [0.4, 0.5) is 4.79 Å². The van der Waals surface area contributed by atoms with Crippen LogP contribution in [0.2, 0.25) is 0 Å². The summed E-state index contributed by atoms with van der Waals surface area (Å²) < 4.78 is 0. The van der Waals surface area contributed by atoms with E-state index in [1.54, 1.807) is 0 Å². The summed E-state index contributed by atoms with van der Waals surface area (Å²) in [5.74, 6) is -0.318. The van der Waals surface area contributed by atoms with Gasteiger partial charge in [-0.3, -0.25) is 15.0 Å². The van der Waals surface area contributed by atoms with E-state index in [1.165, 1.54) is 0 Å². The van der Waals surface area contributed by atoms with Crippen molar-refractivity contribution in [2.24, 2.45) is 5.73 Å². The number of nitrogens with one attached hydrogen (secondary N) is 1. The number of amides is 3. The molecule has 13 heavy (non-hydrogen) atoms. The van der Waals surface area contributed by atoms with Crippen molar-refractivity contribution in [3.63, 3.8) is 0 Å². The molecular formula is C8H15N3O2. The summed E-state index contributed by atoms with van der Waals surface area (Å²) in [6.45, 7) is 3.09. The number of carbonyl (C=O) groups excluding carboxylic acids is 2. The number of nitrogens with zero attached hydrogens (tertiary/aromatic N) is 1. The highest BCUT2D eigenvalue weighted by molar-refractivity contribution is 5.94. The lowest BCUT2D eigenvalue weighted by Crippen LogP contribution is -2.42. The molecule has 1 saturated carbocycles. The van der Waals surface area contributed by atoms with Crippen LogP contribution in [0.15, 0.2) is 0 Å². The van der Waals surface area contributed by atoms with Crippen LogP contribution < -0.4 is 11.1 Å². The van der Waals surface area contributed by atoms with E-state index in [9.17, 15) is 9.59 Å². The summed E-state index contributed by atoms with van der Waals surface area (Å²) >= 11 is 0. The van der Waals surface area contributed by atoms with Gasteiger partial charge in [-0.25, -0.2) is 4.79 Å². The van der Waals surface area contributed by atoms with Crippen molar-refractivity contribution in [3.8, 4) is 0 Å². The van der Waals surface area contributed by atoms with E-state index in [0.29, 0.717) is 6.04 Å². The van der Waals surface area contributed by atoms with Crippen molar-refractivity contribution in [2.75, 3.05) is 13.1 Å². The normalized spacial score (nSPS) is 15.8. The third-order valence-electron chi connectivity index (χ3n) is 2.08. The molecule has 1 aliphatic rings. The second-order valence-corrected chi connectivity index (χ2v) is 3.21. The van der Waals surface area contributed by atoms with Gasteiger partial charge >= 0.3 is 6.03 Å². The smallest absolute Gasteiger partial charge is 0.318 e. The summed E-state index contributed by atoms with van der Waals surface area (Å²) in [6, 6.07) is -0.250. The molecular weight excluding hydrogens is 170 g/mol. The predicted octanol–water partition coefficient (Wildman–Crippen LogP) is -0.334. The Morgan fingerprint density at radius 1 is 1.54 bits per heavy atom. The highest BCUT2D eigenvalue weighted by Crippen LogP contribution is 2.25. The van der Waals surface area contributed by atoms with Gasteiger partial charge in [-0.1, -0.05) is 6.92 Å². The van der Waals surface area contributed by atoms with E-state index in [2.05, 4.69) is 0 Å². The Hall–Kier alpha value is -1.10. The zero-order valence-corrected chi connectivity index (χ0v) is 7.75. The van der Waals surface area contributed by atoms with Gasteiger partial charge in [0.1, 0.15) is 0 Å². The molecule has 1 rings (SSSR count). The Labute approximate surface area is 77.3 Å². The number of primary amides is 1. The summed E-state index contributed by atoms with van der Waals surface area (Å²) in [7, 11) is 0. The fraction of sp³-hybridized carbons (Fsp3) is 0.750. The van der Waals surface area contributed by atoms with Crippen LogP contribution in [0, 0.1) is 0 Å². The molecule has 0 radical (unpaired) electrons. The Morgan fingerprint density at radius 3 is 2.54 bits per heavy atom. The minimum Gasteiger partial charge on any atom is -0.351 e. The van der Waals surface area contributed by atoms with Gasteiger partial charge in [0.25, 0.3) is 0 Å². The minimum atomic E-state index is -0.781. The first kappa shape index (κ1) is 9.98. The van der Waals surface area contributed by atoms with Gasteiger partial charge in [0.2, 0.25) is 5.91 Å². The SMILES string of the molecule is CCN(CC(=O)NC(N)=O)C1CC1. The number of carbonyl (C=O) groups is 2. The second kappa shape index (κ2) is 4.23. The Balaban J connectivity index is 2.28. The molecule has 0 aromatic carbocycles. The molecule has 0 saturated heterocycles. The topological polar surface area (TPSA) is 75.4 Å². The summed E-state index contributed by atoms with van der Waals surface area (Å²) in [6.07, 6.45) is 2.30. The zero-order valence-electron chi connectivity index (χ0n) is 7.75. The van der Waals surface area contributed by atoms with Crippen molar-refractivity contribution in [2.45, 2.75) is 25.8 Å². The van der Waals surface area contributed by atoms with Gasteiger partial charge in [-0.05, 0) is 19.4 Å². The molecule has 3 N–H and O–H groups in total. The van der Waals surface area contributed by atoms with Crippen LogP contribution in [0.3, 0.4) is 0 Å². The first-order valence-electron chi connectivity index (χ1n) is 4.46. The van der Waals surface area contributed by atoms with Gasteiger partial charge < -0.3 is 5.73 Å². The number of likely N-dealkylation sites (N-methyl/N-ethyl adjacent to an activating group) is 1. The van der Waals surface area contributed by atoms with Crippen LogP contribution in [-0.2, 0) is 4.79 Å². The van der Waals surface area contributed by atoms with Gasteiger partial charge in [0.05, 0.1) is 6.54 Å². The number of hydrogen-bond acceptors (Lipinski definition) is 3. The van der Waals surface area contributed by atoms with Crippen LogP contribution in [-0.4, -0.2) is 36.0 Å². The Bertz CT molecular complexity index is 213. The highest BCUT2D eigenvalue weighted by Gasteiger charge is 2.29. The molecule has 5 heteroatoms. The fourth-order valence-electron chi connectivity index (χ4n) is 1.30. The van der Waals surface area contributed by atoms with Crippen molar-refractivity contribution in [1.29, 1.82) is 0 Å². The average Bonchev–Trinajstić information content (AvgIpc) is 2.81. The molecule has 5 nitrogen and oxygen atoms in total. The second-order valence-electron chi connectivity index (χ2n) is 3.21. The molecule has 0 heterocycles. The van der Waals surface area contributed by atoms with Crippen LogP contribution >= 0.6 is 0 Å². The lowest BCUT2D eigenvalue weighted by molar-refractivity contribution is -0.121. The van der Waals surface area contributed by atoms with Gasteiger partial charge in [-0.15, -0.1) is 0 Å². The maximum atomic E-state index is 11.1. The molecule has 0 atom stereocenters. The molecule has 0 unspecified atom stereocenters. The first-order chi connectivity index (χ1) is 6.13. The van der Waals surface area contributed by atoms with Crippen molar-refractivity contribution >= 4 is 11.9 Å². The Kier molecular flexibility index (Phi) is 3.25. The summed E-state index contributed by atoms with van der Waals surface area (Å²) in [5, 5.41) is 2.05. The molecule has 0 aliphatic heterocycles. The number of rotatable bonds is 4. The fourth-order valence-corrected chi connectivity index (χ4v) is 1.30. The van der Waals surface area contributed by atoms with E-state index < -0.39 is 6.03 Å². The van der Waals surface area contributed by atoms with E-state index in [1.807, 2.05) is 17.1 Å². The van der Waals surface area contributed by atoms with Crippen molar-refractivity contribution < 1.29 is 9.59 Å². The van der Waals surface area contributed by atoms with Gasteiger partial charge in [0.15, 0.2) is 0 Å². The number of hydrogen-bond donors (Lipinski definition) is 2. The molecule has 0 spiro atoms. The van der Waals surface area contributed by atoms with Gasteiger partial charge in [0, 0.05) is 6.04 Å². The molecule has 74 valence electrons. The molecule has 3 amide bonds. The minimum absolute atomic E-state index is 0.268. The number of urea groups is 1. The lowest BCUT2D eigenvalue weighted by Gasteiger charge is -2.18. The number of nitrogens with two attached hydrogens (primary N) is 1. The van der Waals surface area contributed by atoms with E-state index >= 15 is 0 Å². The molecule has 0 aromatic heterocycles. The van der Waals surface area contributed by atoms with E-state index in [4.69, 9.17) is 5.73 Å². The lowest BCUT2D eigenvalue weighted by atomic mass is 10.4. The number of imide groups is 1. The monoisotopic (exact) mass is 185 g/mol. The molecule has 1 fully saturated rings. The quantitative estimate of drug-likeness (QED) is 0.629. The summed E-state index contributed by atoms with van der Waals surface area (Å²) in [5.41, 5.74) is 4.81.